The molecule has 0 atom stereocenters. The Morgan fingerprint density at radius 1 is 1.00 bits per heavy atom. The predicted molar refractivity (Wildman–Crippen MR) is 82.3 cm³/mol. The lowest BCUT2D eigenvalue weighted by atomic mass is 10.3. The van der Waals surface area contributed by atoms with Crippen molar-refractivity contribution >= 4 is 16.1 Å². The lowest BCUT2D eigenvalue weighted by molar-refractivity contribution is 0.108. The van der Waals surface area contributed by atoms with Crippen LogP contribution in [-0.4, -0.2) is 71.2 Å². The highest BCUT2D eigenvalue weighted by molar-refractivity contribution is 7.89. The molecule has 23 heavy (non-hydrogen) atoms. The Bertz CT molecular complexity index is 668. The van der Waals surface area contributed by atoms with Gasteiger partial charge in [-0.05, 0) is 12.1 Å². The second kappa shape index (κ2) is 7.05. The van der Waals surface area contributed by atoms with E-state index < -0.39 is 16.1 Å². The Kier molecular flexibility index (Phi) is 5.32. The molecule has 1 fully saturated rings. The zero-order valence-electron chi connectivity index (χ0n) is 13.3. The molecule has 128 valence electrons. The summed E-state index contributed by atoms with van der Waals surface area (Å²) in [6.07, 6.45) is -0.451. The van der Waals surface area contributed by atoms with E-state index in [-0.39, 0.29) is 18.0 Å². The van der Waals surface area contributed by atoms with Crippen molar-refractivity contribution in [2.24, 2.45) is 0 Å². The molecule has 0 bridgehead atoms. The first-order valence-electron chi connectivity index (χ1n) is 6.99. The van der Waals surface area contributed by atoms with E-state index in [0.717, 1.165) is 0 Å². The summed E-state index contributed by atoms with van der Waals surface area (Å²) in [5.74, 6) is 0.809. The summed E-state index contributed by atoms with van der Waals surface area (Å²) in [6.45, 7) is 1.01. The molecule has 0 radical (unpaired) electrons. The first-order valence-corrected chi connectivity index (χ1v) is 8.43. The molecule has 0 spiro atoms. The predicted octanol–water partition coefficient (Wildman–Crippen LogP) is 0.776. The Labute approximate surface area is 135 Å². The summed E-state index contributed by atoms with van der Waals surface area (Å²) < 4.78 is 41.6. The molecule has 0 aliphatic carbocycles. The molecule has 1 aromatic rings. The van der Waals surface area contributed by atoms with Crippen LogP contribution >= 0.6 is 0 Å². The third kappa shape index (κ3) is 3.50. The Hall–Kier alpha value is -2.00. The Morgan fingerprint density at radius 3 is 2.13 bits per heavy atom. The quantitative estimate of drug-likeness (QED) is 0.802. The van der Waals surface area contributed by atoms with Crippen LogP contribution in [-0.2, 0) is 14.8 Å². The van der Waals surface area contributed by atoms with Gasteiger partial charge in [-0.15, -0.1) is 0 Å². The number of carbonyl (C=O) groups is 1. The van der Waals surface area contributed by atoms with E-state index in [1.807, 2.05) is 0 Å². The topological polar surface area (TPSA) is 85.4 Å². The van der Waals surface area contributed by atoms with Crippen molar-refractivity contribution in [2.45, 2.75) is 4.90 Å². The van der Waals surface area contributed by atoms with Crippen LogP contribution in [0.25, 0.3) is 0 Å². The number of nitrogens with zero attached hydrogens (tertiary/aromatic N) is 2. The molecule has 0 unspecified atom stereocenters. The normalized spacial score (nSPS) is 16.0. The number of carbonyl (C=O) groups excluding carboxylic acids is 1. The molecular formula is C14H20N2O6S. The SMILES string of the molecule is COC(=O)N1CCN(S(=O)(=O)c2ccc(OC)c(OC)c2)CC1. The number of piperazine rings is 1. The van der Waals surface area contributed by atoms with Gasteiger partial charge in [-0.2, -0.15) is 4.31 Å². The van der Waals surface area contributed by atoms with E-state index in [1.54, 1.807) is 6.07 Å². The molecule has 9 heteroatoms. The van der Waals surface area contributed by atoms with E-state index in [9.17, 15) is 13.2 Å². The third-order valence-corrected chi connectivity index (χ3v) is 5.56. The standard InChI is InChI=1S/C14H20N2O6S/c1-20-12-5-4-11(10-13(12)21-2)23(18,19)16-8-6-15(7-9-16)14(17)22-3/h4-5,10H,6-9H2,1-3H3. The van der Waals surface area contributed by atoms with Crippen LogP contribution in [0.3, 0.4) is 0 Å². The fraction of sp³-hybridized carbons (Fsp3) is 0.500. The summed E-state index contributed by atoms with van der Waals surface area (Å²) in [5, 5.41) is 0. The van der Waals surface area contributed by atoms with Crippen LogP contribution in [0.2, 0.25) is 0 Å². The number of benzene rings is 1. The maximum absolute atomic E-state index is 12.7. The molecule has 1 aliphatic rings. The van der Waals surface area contributed by atoms with Crippen LogP contribution in [0.1, 0.15) is 0 Å². The molecular weight excluding hydrogens is 324 g/mol. The Morgan fingerprint density at radius 2 is 1.61 bits per heavy atom. The fourth-order valence-corrected chi connectivity index (χ4v) is 3.80. The number of ether oxygens (including phenoxy) is 3. The first-order chi connectivity index (χ1) is 10.9. The number of rotatable bonds is 4. The van der Waals surface area contributed by atoms with Gasteiger partial charge in [-0.25, -0.2) is 13.2 Å². The van der Waals surface area contributed by atoms with Crippen molar-refractivity contribution in [2.75, 3.05) is 47.5 Å². The zero-order chi connectivity index (χ0) is 17.0. The van der Waals surface area contributed by atoms with Gasteiger partial charge < -0.3 is 19.1 Å². The maximum atomic E-state index is 12.7. The minimum Gasteiger partial charge on any atom is -0.493 e. The van der Waals surface area contributed by atoms with Crippen molar-refractivity contribution in [3.63, 3.8) is 0 Å². The molecule has 0 aromatic heterocycles. The Balaban J connectivity index is 2.18. The number of methoxy groups -OCH3 is 3. The summed E-state index contributed by atoms with van der Waals surface area (Å²) in [5.41, 5.74) is 0. The van der Waals surface area contributed by atoms with Crippen molar-refractivity contribution in [3.05, 3.63) is 18.2 Å². The lowest BCUT2D eigenvalue weighted by Gasteiger charge is -2.33. The minimum absolute atomic E-state index is 0.127. The van der Waals surface area contributed by atoms with Gasteiger partial charge >= 0.3 is 6.09 Å². The largest absolute Gasteiger partial charge is 0.493 e. The van der Waals surface area contributed by atoms with Crippen molar-refractivity contribution in [3.8, 4) is 11.5 Å². The van der Waals surface area contributed by atoms with Gasteiger partial charge in [0, 0.05) is 32.2 Å². The lowest BCUT2D eigenvalue weighted by Crippen LogP contribution is -2.50. The molecule has 0 N–H and O–H groups in total. The van der Waals surface area contributed by atoms with Crippen LogP contribution in [0.15, 0.2) is 23.1 Å². The summed E-state index contributed by atoms with van der Waals surface area (Å²) in [6, 6.07) is 4.46. The smallest absolute Gasteiger partial charge is 0.409 e. The number of hydrogen-bond donors (Lipinski definition) is 0. The highest BCUT2D eigenvalue weighted by Gasteiger charge is 2.31. The second-order valence-corrected chi connectivity index (χ2v) is 6.82. The molecule has 1 amide bonds. The highest BCUT2D eigenvalue weighted by Crippen LogP contribution is 2.30. The van der Waals surface area contributed by atoms with Crippen molar-refractivity contribution in [1.29, 1.82) is 0 Å². The number of sulfonamides is 1. The van der Waals surface area contributed by atoms with Crippen LogP contribution in [0.4, 0.5) is 4.79 Å². The van der Waals surface area contributed by atoms with Crippen molar-refractivity contribution < 1.29 is 27.4 Å². The van der Waals surface area contributed by atoms with Gasteiger partial charge in [-0.3, -0.25) is 0 Å². The van der Waals surface area contributed by atoms with Gasteiger partial charge in [0.05, 0.1) is 26.2 Å². The maximum Gasteiger partial charge on any atom is 0.409 e. The van der Waals surface area contributed by atoms with Crippen LogP contribution < -0.4 is 9.47 Å². The third-order valence-electron chi connectivity index (χ3n) is 3.66. The summed E-state index contributed by atoms with van der Waals surface area (Å²) >= 11 is 0. The van der Waals surface area contributed by atoms with Crippen LogP contribution in [0.5, 0.6) is 11.5 Å². The molecule has 1 aromatic carbocycles. The van der Waals surface area contributed by atoms with Gasteiger partial charge in [0.2, 0.25) is 10.0 Å². The molecule has 0 saturated carbocycles. The number of hydrogen-bond acceptors (Lipinski definition) is 6. The molecule has 1 aliphatic heterocycles. The van der Waals surface area contributed by atoms with E-state index in [4.69, 9.17) is 9.47 Å². The van der Waals surface area contributed by atoms with E-state index in [0.29, 0.717) is 24.6 Å². The minimum atomic E-state index is -3.66. The van der Waals surface area contributed by atoms with Crippen molar-refractivity contribution in [1.82, 2.24) is 9.21 Å². The van der Waals surface area contributed by atoms with Crippen LogP contribution in [0, 0.1) is 0 Å². The van der Waals surface area contributed by atoms with Gasteiger partial charge in [-0.1, -0.05) is 0 Å². The van der Waals surface area contributed by atoms with E-state index >= 15 is 0 Å². The fourth-order valence-electron chi connectivity index (χ4n) is 2.37. The zero-order valence-corrected chi connectivity index (χ0v) is 14.1. The molecule has 1 heterocycles. The molecule has 8 nitrogen and oxygen atoms in total. The highest BCUT2D eigenvalue weighted by atomic mass is 32.2. The molecule has 1 saturated heterocycles. The van der Waals surface area contributed by atoms with E-state index in [2.05, 4.69) is 4.74 Å². The monoisotopic (exact) mass is 344 g/mol. The van der Waals surface area contributed by atoms with Gasteiger partial charge in [0.15, 0.2) is 11.5 Å². The average molecular weight is 344 g/mol. The average Bonchev–Trinajstić information content (AvgIpc) is 2.60. The summed E-state index contributed by atoms with van der Waals surface area (Å²) in [4.78, 5) is 13.1. The van der Waals surface area contributed by atoms with Gasteiger partial charge in [0.1, 0.15) is 0 Å². The van der Waals surface area contributed by atoms with Gasteiger partial charge in [0.25, 0.3) is 0 Å². The second-order valence-electron chi connectivity index (χ2n) is 4.88. The molecule has 2 rings (SSSR count). The summed E-state index contributed by atoms with van der Waals surface area (Å²) in [7, 11) is 0.576. The first kappa shape index (κ1) is 17.4. The number of amides is 1. The van der Waals surface area contributed by atoms with E-state index in [1.165, 1.54) is 42.7 Å².